The molecule has 20 heavy (non-hydrogen) atoms. The number of rotatable bonds is 8. The molecule has 0 spiro atoms. The minimum absolute atomic E-state index is 0.0412. The molecule has 0 saturated carbocycles. The summed E-state index contributed by atoms with van der Waals surface area (Å²) in [6.07, 6.45) is 1.24. The van der Waals surface area contributed by atoms with Crippen LogP contribution in [0.4, 0.5) is 0 Å². The molecule has 0 aromatic heterocycles. The Kier molecular flexibility index (Phi) is 10.6. The molecule has 118 valence electrons. The third-order valence-corrected chi connectivity index (χ3v) is 2.20. The minimum atomic E-state index is -2.09. The zero-order valence-corrected chi connectivity index (χ0v) is 11.0. The number of nitrogens with two attached hydrogens (primary N) is 4. The monoisotopic (exact) mass is 294 g/mol. The van der Waals surface area contributed by atoms with Crippen LogP contribution < -0.4 is 22.9 Å². The summed E-state index contributed by atoms with van der Waals surface area (Å²) >= 11 is 0. The van der Waals surface area contributed by atoms with E-state index in [9.17, 15) is 14.4 Å². The zero-order chi connectivity index (χ0) is 16.3. The second-order valence-electron chi connectivity index (χ2n) is 3.96. The van der Waals surface area contributed by atoms with Crippen molar-refractivity contribution in [3.63, 3.8) is 0 Å². The molecule has 0 rings (SSSR count). The van der Waals surface area contributed by atoms with Gasteiger partial charge in [0.2, 0.25) is 5.72 Å². The summed E-state index contributed by atoms with van der Waals surface area (Å²) in [5.74, 6) is -3.40. The first kappa shape index (κ1) is 20.7. The molecule has 0 aliphatic carbocycles. The maximum atomic E-state index is 10.3. The SMILES string of the molecule is NCC(=O)C(N)C(=O)O.NCCCCC(N)(O)C(=O)O. The number of aliphatic hydroxyl groups is 1. The van der Waals surface area contributed by atoms with E-state index >= 15 is 0 Å². The Labute approximate surface area is 115 Å². The van der Waals surface area contributed by atoms with Gasteiger partial charge in [0.1, 0.15) is 0 Å². The Morgan fingerprint density at radius 1 is 1.10 bits per heavy atom. The van der Waals surface area contributed by atoms with Gasteiger partial charge in [-0.3, -0.25) is 15.3 Å². The van der Waals surface area contributed by atoms with Crippen LogP contribution in [-0.2, 0) is 14.4 Å². The molecule has 0 aromatic carbocycles. The number of carboxylic acids is 2. The lowest BCUT2D eigenvalue weighted by Crippen LogP contribution is -2.47. The fourth-order valence-corrected chi connectivity index (χ4v) is 0.910. The standard InChI is InChI=1S/C6H14N2O3.C4H8N2O3/c7-4-2-1-3-6(8,11)5(9)10;5-1-2(7)3(6)4(8)9/h11H,1-4,7-8H2,(H,9,10);3H,1,5-6H2,(H,8,9). The highest BCUT2D eigenvalue weighted by Crippen LogP contribution is 2.07. The molecule has 0 aromatic rings. The van der Waals surface area contributed by atoms with Gasteiger partial charge in [-0.15, -0.1) is 0 Å². The number of hydrogen-bond acceptors (Lipinski definition) is 8. The Morgan fingerprint density at radius 2 is 1.60 bits per heavy atom. The van der Waals surface area contributed by atoms with Gasteiger partial charge in [0, 0.05) is 6.42 Å². The first-order valence-corrected chi connectivity index (χ1v) is 5.76. The molecule has 0 amide bonds. The molecule has 0 aliphatic heterocycles. The Bertz CT molecular complexity index is 334. The van der Waals surface area contributed by atoms with Gasteiger partial charge in [-0.05, 0) is 19.4 Å². The van der Waals surface area contributed by atoms with E-state index in [-0.39, 0.29) is 13.0 Å². The normalized spacial score (nSPS) is 14.4. The van der Waals surface area contributed by atoms with E-state index < -0.39 is 29.5 Å². The second kappa shape index (κ2) is 10.2. The Morgan fingerprint density at radius 3 is 1.85 bits per heavy atom. The fraction of sp³-hybridized carbons (Fsp3) is 0.700. The highest BCUT2D eigenvalue weighted by Gasteiger charge is 2.29. The lowest BCUT2D eigenvalue weighted by Gasteiger charge is -2.16. The lowest BCUT2D eigenvalue weighted by atomic mass is 10.1. The highest BCUT2D eigenvalue weighted by molar-refractivity contribution is 6.02. The number of Topliss-reactive ketones (excluding diaryl/α,β-unsaturated/α-hetero) is 1. The summed E-state index contributed by atoms with van der Waals surface area (Å²) in [6.45, 7) is 0.156. The fourth-order valence-electron chi connectivity index (χ4n) is 0.910. The molecule has 10 heteroatoms. The van der Waals surface area contributed by atoms with Gasteiger partial charge in [0.25, 0.3) is 0 Å². The van der Waals surface area contributed by atoms with E-state index in [4.69, 9.17) is 38.3 Å². The average Bonchev–Trinajstić information content (AvgIpc) is 2.37. The van der Waals surface area contributed by atoms with Crippen molar-refractivity contribution in [3.8, 4) is 0 Å². The van der Waals surface area contributed by atoms with Crippen molar-refractivity contribution in [1.82, 2.24) is 0 Å². The summed E-state index contributed by atoms with van der Waals surface area (Å²) in [5.41, 5.74) is 17.8. The Balaban J connectivity index is 0. The Hall–Kier alpha value is -1.59. The summed E-state index contributed by atoms with van der Waals surface area (Å²) < 4.78 is 0. The van der Waals surface area contributed by atoms with Crippen molar-refractivity contribution in [2.24, 2.45) is 22.9 Å². The van der Waals surface area contributed by atoms with Gasteiger partial charge >= 0.3 is 11.9 Å². The van der Waals surface area contributed by atoms with Crippen LogP contribution in [0, 0.1) is 0 Å². The van der Waals surface area contributed by atoms with E-state index in [0.29, 0.717) is 19.4 Å². The van der Waals surface area contributed by atoms with Crippen molar-refractivity contribution >= 4 is 17.7 Å². The molecule has 10 nitrogen and oxygen atoms in total. The summed E-state index contributed by atoms with van der Waals surface area (Å²) in [6, 6.07) is -1.46. The van der Waals surface area contributed by atoms with Crippen molar-refractivity contribution in [3.05, 3.63) is 0 Å². The van der Waals surface area contributed by atoms with E-state index in [1.165, 1.54) is 0 Å². The third-order valence-electron chi connectivity index (χ3n) is 2.20. The number of carbonyl (C=O) groups excluding carboxylic acids is 1. The first-order valence-electron chi connectivity index (χ1n) is 5.76. The number of ketones is 1. The van der Waals surface area contributed by atoms with Crippen LogP contribution in [0.3, 0.4) is 0 Å². The van der Waals surface area contributed by atoms with E-state index in [0.717, 1.165) is 0 Å². The minimum Gasteiger partial charge on any atom is -0.480 e. The lowest BCUT2D eigenvalue weighted by molar-refractivity contribution is -0.158. The molecule has 0 heterocycles. The maximum Gasteiger partial charge on any atom is 0.350 e. The smallest absolute Gasteiger partial charge is 0.350 e. The quantitative estimate of drug-likeness (QED) is 0.135. The summed E-state index contributed by atoms with van der Waals surface area (Å²) in [7, 11) is 0. The van der Waals surface area contributed by atoms with E-state index in [1.54, 1.807) is 0 Å². The van der Waals surface area contributed by atoms with Crippen LogP contribution in [0.25, 0.3) is 0 Å². The molecule has 0 saturated heterocycles. The number of hydrogen-bond donors (Lipinski definition) is 7. The second-order valence-corrected chi connectivity index (χ2v) is 3.96. The van der Waals surface area contributed by atoms with Gasteiger partial charge in [-0.25, -0.2) is 4.79 Å². The highest BCUT2D eigenvalue weighted by atomic mass is 16.4. The van der Waals surface area contributed by atoms with Crippen molar-refractivity contribution < 1.29 is 29.7 Å². The maximum absolute atomic E-state index is 10.3. The summed E-state index contributed by atoms with van der Waals surface area (Å²) in [4.78, 5) is 30.4. The van der Waals surface area contributed by atoms with Crippen LogP contribution in [0.5, 0.6) is 0 Å². The molecule has 0 aliphatic rings. The van der Waals surface area contributed by atoms with Crippen LogP contribution in [0.1, 0.15) is 19.3 Å². The van der Waals surface area contributed by atoms with Crippen molar-refractivity contribution in [2.75, 3.05) is 13.1 Å². The van der Waals surface area contributed by atoms with Gasteiger partial charge in [0.15, 0.2) is 11.8 Å². The summed E-state index contributed by atoms with van der Waals surface area (Å²) in [5, 5.41) is 25.4. The predicted molar refractivity (Wildman–Crippen MR) is 69.4 cm³/mol. The van der Waals surface area contributed by atoms with Gasteiger partial charge in [-0.1, -0.05) is 0 Å². The van der Waals surface area contributed by atoms with Crippen molar-refractivity contribution in [1.29, 1.82) is 0 Å². The molecule has 0 radical (unpaired) electrons. The molecule has 11 N–H and O–H groups in total. The number of carboxylic acid groups (broad SMARTS) is 2. The largest absolute Gasteiger partial charge is 0.480 e. The predicted octanol–water partition coefficient (Wildman–Crippen LogP) is -3.23. The number of carbonyl (C=O) groups is 3. The number of unbranched alkanes of at least 4 members (excludes halogenated alkanes) is 1. The molecule has 2 atom stereocenters. The molecular weight excluding hydrogens is 272 g/mol. The molecule has 0 bridgehead atoms. The first-order chi connectivity index (χ1) is 9.10. The van der Waals surface area contributed by atoms with E-state index in [1.807, 2.05) is 0 Å². The van der Waals surface area contributed by atoms with Gasteiger partial charge in [-0.2, -0.15) is 0 Å². The van der Waals surface area contributed by atoms with Gasteiger partial charge in [0.05, 0.1) is 6.54 Å². The van der Waals surface area contributed by atoms with Gasteiger partial charge < -0.3 is 32.5 Å². The van der Waals surface area contributed by atoms with Crippen LogP contribution >= 0.6 is 0 Å². The molecule has 2 unspecified atom stereocenters. The zero-order valence-electron chi connectivity index (χ0n) is 11.0. The van der Waals surface area contributed by atoms with Crippen molar-refractivity contribution in [2.45, 2.75) is 31.0 Å². The van der Waals surface area contributed by atoms with E-state index in [2.05, 4.69) is 0 Å². The topological polar surface area (TPSA) is 216 Å². The molecule has 0 fully saturated rings. The van der Waals surface area contributed by atoms with Crippen LogP contribution in [0.15, 0.2) is 0 Å². The third kappa shape index (κ3) is 9.35. The van der Waals surface area contributed by atoms with Crippen LogP contribution in [-0.4, -0.2) is 57.9 Å². The van der Waals surface area contributed by atoms with Crippen LogP contribution in [0.2, 0.25) is 0 Å². The number of aliphatic carboxylic acids is 2. The molecular formula is C10H22N4O6. The average molecular weight is 294 g/mol.